The summed E-state index contributed by atoms with van der Waals surface area (Å²) in [5.41, 5.74) is 6.18. The van der Waals surface area contributed by atoms with Crippen LogP contribution in [-0.4, -0.2) is 43.3 Å². The molecular formula is C29H32N2O3. The SMILES string of the molecule is COc1ccc2c(c1)CN(CCCCNC(=O)c1ccc(-c3ccc(C(C)=O)cc3)cc1)CC2. The maximum atomic E-state index is 12.5. The summed E-state index contributed by atoms with van der Waals surface area (Å²) in [7, 11) is 1.71. The van der Waals surface area contributed by atoms with Gasteiger partial charge in [0.1, 0.15) is 5.75 Å². The van der Waals surface area contributed by atoms with Gasteiger partial charge in [0.05, 0.1) is 7.11 Å². The van der Waals surface area contributed by atoms with Crippen molar-refractivity contribution < 1.29 is 14.3 Å². The van der Waals surface area contributed by atoms with Crippen molar-refractivity contribution in [1.82, 2.24) is 10.2 Å². The molecule has 1 aliphatic rings. The molecule has 0 aliphatic carbocycles. The van der Waals surface area contributed by atoms with E-state index in [-0.39, 0.29) is 11.7 Å². The predicted octanol–water partition coefficient (Wildman–Crippen LogP) is 5.13. The number of fused-ring (bicyclic) bond motifs is 1. The van der Waals surface area contributed by atoms with Gasteiger partial charge in [-0.2, -0.15) is 0 Å². The van der Waals surface area contributed by atoms with Crippen LogP contribution in [0.1, 0.15) is 51.6 Å². The Morgan fingerprint density at radius 1 is 0.882 bits per heavy atom. The van der Waals surface area contributed by atoms with E-state index in [2.05, 4.69) is 22.3 Å². The Morgan fingerprint density at radius 2 is 1.56 bits per heavy atom. The van der Waals surface area contributed by atoms with Gasteiger partial charge in [-0.05, 0) is 79.3 Å². The van der Waals surface area contributed by atoms with Crippen LogP contribution in [0.25, 0.3) is 11.1 Å². The van der Waals surface area contributed by atoms with E-state index >= 15 is 0 Å². The number of benzene rings is 3. The Kier molecular flexibility index (Phi) is 7.76. The van der Waals surface area contributed by atoms with Crippen molar-refractivity contribution in [2.24, 2.45) is 0 Å². The zero-order chi connectivity index (χ0) is 23.9. The van der Waals surface area contributed by atoms with Gasteiger partial charge >= 0.3 is 0 Å². The molecule has 0 saturated heterocycles. The van der Waals surface area contributed by atoms with Gasteiger partial charge in [0.2, 0.25) is 0 Å². The van der Waals surface area contributed by atoms with Crippen molar-refractivity contribution in [3.8, 4) is 16.9 Å². The summed E-state index contributed by atoms with van der Waals surface area (Å²) in [6.45, 7) is 5.31. The van der Waals surface area contributed by atoms with Gasteiger partial charge in [0.25, 0.3) is 5.91 Å². The first-order chi connectivity index (χ1) is 16.5. The van der Waals surface area contributed by atoms with Crippen molar-refractivity contribution in [2.75, 3.05) is 26.7 Å². The third-order valence-electron chi connectivity index (χ3n) is 6.46. The molecule has 4 rings (SSSR count). The van der Waals surface area contributed by atoms with E-state index in [0.717, 1.165) is 55.8 Å². The fraction of sp³-hybridized carbons (Fsp3) is 0.310. The summed E-state index contributed by atoms with van der Waals surface area (Å²) in [4.78, 5) is 26.4. The van der Waals surface area contributed by atoms with Crippen LogP contribution in [0.15, 0.2) is 66.7 Å². The van der Waals surface area contributed by atoms with E-state index in [1.165, 1.54) is 11.1 Å². The van der Waals surface area contributed by atoms with E-state index in [9.17, 15) is 9.59 Å². The molecule has 0 aromatic heterocycles. The van der Waals surface area contributed by atoms with Gasteiger partial charge in [-0.25, -0.2) is 0 Å². The second-order valence-corrected chi connectivity index (χ2v) is 8.83. The van der Waals surface area contributed by atoms with E-state index in [4.69, 9.17) is 4.74 Å². The Labute approximate surface area is 201 Å². The highest BCUT2D eigenvalue weighted by Crippen LogP contribution is 2.24. The zero-order valence-corrected chi connectivity index (χ0v) is 20.0. The molecule has 0 atom stereocenters. The quantitative estimate of drug-likeness (QED) is 0.358. The van der Waals surface area contributed by atoms with Crippen LogP contribution < -0.4 is 10.1 Å². The molecule has 0 saturated carbocycles. The molecule has 0 fully saturated rings. The number of carbonyl (C=O) groups is 2. The molecule has 34 heavy (non-hydrogen) atoms. The van der Waals surface area contributed by atoms with Crippen molar-refractivity contribution in [3.05, 3.63) is 89.0 Å². The monoisotopic (exact) mass is 456 g/mol. The number of rotatable bonds is 9. The lowest BCUT2D eigenvalue weighted by molar-refractivity contribution is 0.0951. The average Bonchev–Trinajstić information content (AvgIpc) is 2.88. The molecule has 5 heteroatoms. The topological polar surface area (TPSA) is 58.6 Å². The molecular weight excluding hydrogens is 424 g/mol. The first-order valence-electron chi connectivity index (χ1n) is 11.9. The standard InChI is InChI=1S/C29H32N2O3/c1-21(32)22-5-7-23(8-6-22)24-9-11-26(12-10-24)29(33)30-16-3-4-17-31-18-15-25-13-14-28(34-2)19-27(25)20-31/h5-14,19H,3-4,15-18,20H2,1-2H3,(H,30,33). The molecule has 3 aromatic carbocycles. The molecule has 3 aromatic rings. The molecule has 1 N–H and O–H groups in total. The number of ether oxygens (including phenoxy) is 1. The van der Waals surface area contributed by atoms with E-state index in [1.807, 2.05) is 54.6 Å². The number of carbonyl (C=O) groups excluding carboxylic acids is 2. The lowest BCUT2D eigenvalue weighted by atomic mass is 9.99. The Bertz CT molecular complexity index is 1140. The van der Waals surface area contributed by atoms with Crippen LogP contribution in [0.5, 0.6) is 5.75 Å². The number of hydrogen-bond donors (Lipinski definition) is 1. The Morgan fingerprint density at radius 3 is 2.21 bits per heavy atom. The van der Waals surface area contributed by atoms with Crippen molar-refractivity contribution >= 4 is 11.7 Å². The molecule has 176 valence electrons. The summed E-state index contributed by atoms with van der Waals surface area (Å²) in [6, 6.07) is 21.5. The average molecular weight is 457 g/mol. The summed E-state index contributed by atoms with van der Waals surface area (Å²) in [6.07, 6.45) is 3.08. The van der Waals surface area contributed by atoms with Crippen LogP contribution >= 0.6 is 0 Å². The minimum Gasteiger partial charge on any atom is -0.497 e. The Hall–Kier alpha value is -3.44. The smallest absolute Gasteiger partial charge is 0.251 e. The van der Waals surface area contributed by atoms with Crippen LogP contribution in [0.3, 0.4) is 0 Å². The fourth-order valence-electron chi connectivity index (χ4n) is 4.39. The number of methoxy groups -OCH3 is 1. The van der Waals surface area contributed by atoms with Crippen LogP contribution in [-0.2, 0) is 13.0 Å². The number of nitrogens with one attached hydrogen (secondary N) is 1. The van der Waals surface area contributed by atoms with Crippen LogP contribution in [0.2, 0.25) is 0 Å². The minimum atomic E-state index is -0.0440. The lowest BCUT2D eigenvalue weighted by Gasteiger charge is -2.29. The predicted molar refractivity (Wildman–Crippen MR) is 135 cm³/mol. The summed E-state index contributed by atoms with van der Waals surface area (Å²) in [5.74, 6) is 0.931. The molecule has 0 spiro atoms. The second kappa shape index (κ2) is 11.1. The molecule has 1 heterocycles. The molecule has 5 nitrogen and oxygen atoms in total. The number of ketones is 1. The number of nitrogens with zero attached hydrogens (tertiary/aromatic N) is 1. The maximum absolute atomic E-state index is 12.5. The van der Waals surface area contributed by atoms with Gasteiger partial charge in [-0.15, -0.1) is 0 Å². The van der Waals surface area contributed by atoms with Crippen molar-refractivity contribution in [3.63, 3.8) is 0 Å². The van der Waals surface area contributed by atoms with E-state index in [0.29, 0.717) is 17.7 Å². The summed E-state index contributed by atoms with van der Waals surface area (Å²) in [5, 5.41) is 3.04. The minimum absolute atomic E-state index is 0.0440. The largest absolute Gasteiger partial charge is 0.497 e. The molecule has 0 unspecified atom stereocenters. The third kappa shape index (κ3) is 5.91. The van der Waals surface area contributed by atoms with Crippen molar-refractivity contribution in [1.29, 1.82) is 0 Å². The van der Waals surface area contributed by atoms with E-state index in [1.54, 1.807) is 14.0 Å². The van der Waals surface area contributed by atoms with Crippen LogP contribution in [0.4, 0.5) is 0 Å². The normalized spacial score (nSPS) is 13.2. The molecule has 0 radical (unpaired) electrons. The third-order valence-corrected chi connectivity index (χ3v) is 6.46. The summed E-state index contributed by atoms with van der Waals surface area (Å²) >= 11 is 0. The van der Waals surface area contributed by atoms with Crippen molar-refractivity contribution in [2.45, 2.75) is 32.7 Å². The molecule has 1 aliphatic heterocycles. The second-order valence-electron chi connectivity index (χ2n) is 8.83. The maximum Gasteiger partial charge on any atom is 0.251 e. The van der Waals surface area contributed by atoms with Gasteiger partial charge in [0, 0.05) is 30.8 Å². The van der Waals surface area contributed by atoms with Gasteiger partial charge in [0.15, 0.2) is 5.78 Å². The number of hydrogen-bond acceptors (Lipinski definition) is 4. The fourth-order valence-corrected chi connectivity index (χ4v) is 4.39. The van der Waals surface area contributed by atoms with Gasteiger partial charge < -0.3 is 10.1 Å². The first-order valence-corrected chi connectivity index (χ1v) is 11.9. The summed E-state index contributed by atoms with van der Waals surface area (Å²) < 4.78 is 5.36. The van der Waals surface area contributed by atoms with Gasteiger partial charge in [-0.1, -0.05) is 42.5 Å². The number of amides is 1. The first kappa shape index (κ1) is 23.7. The lowest BCUT2D eigenvalue weighted by Crippen LogP contribution is -2.32. The molecule has 0 bridgehead atoms. The number of Topliss-reactive ketones (excluding diaryl/α,β-unsaturated/α-hetero) is 1. The highest BCUT2D eigenvalue weighted by Gasteiger charge is 2.16. The van der Waals surface area contributed by atoms with E-state index < -0.39 is 0 Å². The zero-order valence-electron chi connectivity index (χ0n) is 20.0. The van der Waals surface area contributed by atoms with Gasteiger partial charge in [-0.3, -0.25) is 14.5 Å². The highest BCUT2D eigenvalue weighted by molar-refractivity contribution is 5.95. The number of unbranched alkanes of at least 4 members (excludes halogenated alkanes) is 1. The Balaban J connectivity index is 1.19. The molecule has 1 amide bonds. The van der Waals surface area contributed by atoms with Crippen LogP contribution in [0, 0.1) is 0 Å². The highest BCUT2D eigenvalue weighted by atomic mass is 16.5.